The molecule has 2 aromatic rings. The zero-order valence-corrected chi connectivity index (χ0v) is 14.1. The first-order valence-corrected chi connectivity index (χ1v) is 8.79. The third-order valence-electron chi connectivity index (χ3n) is 3.33. The van der Waals surface area contributed by atoms with E-state index in [-0.39, 0.29) is 18.8 Å². The Morgan fingerprint density at radius 2 is 1.76 bits per heavy atom. The predicted molar refractivity (Wildman–Crippen MR) is 88.0 cm³/mol. The van der Waals surface area contributed by atoms with Gasteiger partial charge in [-0.2, -0.15) is 13.2 Å². The van der Waals surface area contributed by atoms with E-state index in [0.717, 1.165) is 17.7 Å². The predicted octanol–water partition coefficient (Wildman–Crippen LogP) is 3.15. The fourth-order valence-electron chi connectivity index (χ4n) is 2.08. The van der Waals surface area contributed by atoms with Crippen LogP contribution in [0.1, 0.15) is 11.1 Å². The fourth-order valence-corrected chi connectivity index (χ4v) is 2.62. The van der Waals surface area contributed by atoms with Gasteiger partial charge in [0.05, 0.1) is 10.5 Å². The highest BCUT2D eigenvalue weighted by Gasteiger charge is 2.34. The van der Waals surface area contributed by atoms with E-state index < -0.39 is 26.7 Å². The summed E-state index contributed by atoms with van der Waals surface area (Å²) in [4.78, 5) is -0.596. The summed E-state index contributed by atoms with van der Waals surface area (Å²) in [6.07, 6.45) is -4.72. The molecule has 0 aliphatic heterocycles. The first-order valence-electron chi connectivity index (χ1n) is 7.25. The zero-order valence-electron chi connectivity index (χ0n) is 13.3. The van der Waals surface area contributed by atoms with E-state index >= 15 is 0 Å². The average Bonchev–Trinajstić information content (AvgIpc) is 2.51. The number of nitrogens with two attached hydrogens (primary N) is 1. The topological polar surface area (TPSA) is 81.4 Å². The Hall–Kier alpha value is -2.26. The Morgan fingerprint density at radius 1 is 1.12 bits per heavy atom. The molecule has 0 radical (unpaired) electrons. The van der Waals surface area contributed by atoms with Crippen LogP contribution in [0.3, 0.4) is 0 Å². The number of alkyl halides is 3. The van der Waals surface area contributed by atoms with Gasteiger partial charge in [0.2, 0.25) is 10.0 Å². The van der Waals surface area contributed by atoms with Crippen LogP contribution < -0.4 is 15.2 Å². The monoisotopic (exact) mass is 374 g/mol. The summed E-state index contributed by atoms with van der Waals surface area (Å²) in [6, 6.07) is 9.81. The van der Waals surface area contributed by atoms with Gasteiger partial charge < -0.3 is 10.1 Å². The van der Waals surface area contributed by atoms with E-state index in [9.17, 15) is 21.6 Å². The van der Waals surface area contributed by atoms with Crippen molar-refractivity contribution in [3.63, 3.8) is 0 Å². The number of anilines is 1. The second-order valence-corrected chi connectivity index (χ2v) is 6.90. The Balaban J connectivity index is 2.07. The minimum absolute atomic E-state index is 0.103. The van der Waals surface area contributed by atoms with Crippen LogP contribution in [0.2, 0.25) is 0 Å². The molecule has 0 heterocycles. The standard InChI is InChI=1S/C16H17F3N2O3S/c1-11-2-4-12(5-3-11)24-9-8-21-15-7-6-13(25(20,22)23)10-14(15)16(17,18)19/h2-7,10,21H,8-9H2,1H3,(H2,20,22,23). The van der Waals surface area contributed by atoms with Gasteiger partial charge in [-0.1, -0.05) is 17.7 Å². The molecule has 2 rings (SSSR count). The lowest BCUT2D eigenvalue weighted by molar-refractivity contribution is -0.137. The van der Waals surface area contributed by atoms with E-state index in [4.69, 9.17) is 9.88 Å². The number of nitrogens with one attached hydrogen (secondary N) is 1. The van der Waals surface area contributed by atoms with Gasteiger partial charge in [-0.3, -0.25) is 0 Å². The summed E-state index contributed by atoms with van der Waals surface area (Å²) >= 11 is 0. The van der Waals surface area contributed by atoms with Crippen molar-refractivity contribution in [2.75, 3.05) is 18.5 Å². The summed E-state index contributed by atoms with van der Waals surface area (Å²) in [5.41, 5.74) is -0.281. The van der Waals surface area contributed by atoms with Crippen LogP contribution in [0.4, 0.5) is 18.9 Å². The second kappa shape index (κ2) is 7.32. The maximum Gasteiger partial charge on any atom is 0.418 e. The molecule has 5 nitrogen and oxygen atoms in total. The Bertz CT molecular complexity index is 835. The number of benzene rings is 2. The van der Waals surface area contributed by atoms with Crippen LogP contribution in [0.15, 0.2) is 47.4 Å². The van der Waals surface area contributed by atoms with Crippen molar-refractivity contribution >= 4 is 15.7 Å². The number of halogens is 3. The van der Waals surface area contributed by atoms with Crippen LogP contribution in [0.5, 0.6) is 5.75 Å². The lowest BCUT2D eigenvalue weighted by Crippen LogP contribution is -2.18. The number of hydrogen-bond donors (Lipinski definition) is 2. The average molecular weight is 374 g/mol. The number of rotatable bonds is 6. The maximum absolute atomic E-state index is 13.1. The molecule has 0 spiro atoms. The second-order valence-electron chi connectivity index (χ2n) is 5.34. The van der Waals surface area contributed by atoms with Crippen LogP contribution in [0.25, 0.3) is 0 Å². The largest absolute Gasteiger partial charge is 0.492 e. The number of ether oxygens (including phenoxy) is 1. The molecule has 136 valence electrons. The zero-order chi connectivity index (χ0) is 18.7. The molecule has 25 heavy (non-hydrogen) atoms. The molecule has 0 amide bonds. The van der Waals surface area contributed by atoms with E-state index in [1.165, 1.54) is 0 Å². The van der Waals surface area contributed by atoms with Gasteiger partial charge in [-0.05, 0) is 37.3 Å². The number of aryl methyl sites for hydroxylation is 1. The molecule has 0 unspecified atom stereocenters. The van der Waals surface area contributed by atoms with E-state index in [1.807, 2.05) is 19.1 Å². The normalized spacial score (nSPS) is 12.0. The van der Waals surface area contributed by atoms with E-state index in [2.05, 4.69) is 5.32 Å². The highest BCUT2D eigenvalue weighted by Crippen LogP contribution is 2.36. The van der Waals surface area contributed by atoms with Gasteiger partial charge >= 0.3 is 6.18 Å². The molecule has 0 aliphatic rings. The smallest absolute Gasteiger partial charge is 0.418 e. The van der Waals surface area contributed by atoms with Gasteiger partial charge in [0.15, 0.2) is 0 Å². The maximum atomic E-state index is 13.1. The van der Waals surface area contributed by atoms with Crippen molar-refractivity contribution in [3.8, 4) is 5.75 Å². The third-order valence-corrected chi connectivity index (χ3v) is 4.24. The lowest BCUT2D eigenvalue weighted by atomic mass is 10.1. The highest BCUT2D eigenvalue weighted by molar-refractivity contribution is 7.89. The summed E-state index contributed by atoms with van der Waals surface area (Å²) in [5.74, 6) is 0.605. The molecule has 0 aliphatic carbocycles. The summed E-state index contributed by atoms with van der Waals surface area (Å²) in [6.45, 7) is 2.16. The first-order chi connectivity index (χ1) is 11.6. The van der Waals surface area contributed by atoms with Crippen molar-refractivity contribution in [1.29, 1.82) is 0 Å². The molecule has 0 atom stereocenters. The molecular formula is C16H17F3N2O3S. The van der Waals surface area contributed by atoms with Crippen molar-refractivity contribution < 1.29 is 26.3 Å². The number of hydrogen-bond acceptors (Lipinski definition) is 4. The summed E-state index contributed by atoms with van der Waals surface area (Å²) in [5, 5.41) is 7.48. The molecule has 0 bridgehead atoms. The lowest BCUT2D eigenvalue weighted by Gasteiger charge is -2.16. The molecule has 0 saturated carbocycles. The van der Waals surface area contributed by atoms with Crippen molar-refractivity contribution in [2.45, 2.75) is 18.0 Å². The van der Waals surface area contributed by atoms with Crippen LogP contribution in [-0.2, 0) is 16.2 Å². The van der Waals surface area contributed by atoms with Crippen molar-refractivity contribution in [1.82, 2.24) is 0 Å². The number of primary sulfonamides is 1. The van der Waals surface area contributed by atoms with Crippen LogP contribution in [0, 0.1) is 6.92 Å². The minimum Gasteiger partial charge on any atom is -0.492 e. The number of sulfonamides is 1. The quantitative estimate of drug-likeness (QED) is 0.761. The molecule has 0 saturated heterocycles. The van der Waals surface area contributed by atoms with Crippen molar-refractivity contribution in [2.24, 2.45) is 5.14 Å². The Kier molecular flexibility index (Phi) is 5.58. The SMILES string of the molecule is Cc1ccc(OCCNc2ccc(S(N)(=O)=O)cc2C(F)(F)F)cc1. The Labute approximate surface area is 143 Å². The third kappa shape index (κ3) is 5.36. The van der Waals surface area contributed by atoms with Gasteiger partial charge in [0.25, 0.3) is 0 Å². The van der Waals surface area contributed by atoms with E-state index in [1.54, 1.807) is 12.1 Å². The first kappa shape index (κ1) is 19.1. The van der Waals surface area contributed by atoms with Crippen LogP contribution in [-0.4, -0.2) is 21.6 Å². The van der Waals surface area contributed by atoms with Gasteiger partial charge in [0, 0.05) is 12.2 Å². The molecule has 0 fully saturated rings. The molecule has 2 aromatic carbocycles. The summed E-state index contributed by atoms with van der Waals surface area (Å²) < 4.78 is 67.3. The van der Waals surface area contributed by atoms with Crippen LogP contribution >= 0.6 is 0 Å². The minimum atomic E-state index is -4.72. The molecule has 3 N–H and O–H groups in total. The highest BCUT2D eigenvalue weighted by atomic mass is 32.2. The van der Waals surface area contributed by atoms with Gasteiger partial charge in [0.1, 0.15) is 12.4 Å². The Morgan fingerprint density at radius 3 is 2.32 bits per heavy atom. The van der Waals surface area contributed by atoms with Gasteiger partial charge in [-0.15, -0.1) is 0 Å². The van der Waals surface area contributed by atoms with E-state index in [0.29, 0.717) is 11.8 Å². The molecule has 9 heteroatoms. The molecule has 0 aromatic heterocycles. The fraction of sp³-hybridized carbons (Fsp3) is 0.250. The summed E-state index contributed by atoms with van der Waals surface area (Å²) in [7, 11) is -4.22. The van der Waals surface area contributed by atoms with Gasteiger partial charge in [-0.25, -0.2) is 13.6 Å². The molecular weight excluding hydrogens is 357 g/mol. The van der Waals surface area contributed by atoms with Crippen molar-refractivity contribution in [3.05, 3.63) is 53.6 Å².